The molecule has 164 valence electrons. The molecule has 1 aliphatic heterocycles. The number of aromatic amines is 1. The molecule has 2 aromatic carbocycles. The standard InChI is InChI=1S/C28H26N4S/c1-2-7-26-25(6-1)30-28(31-26)19-32(23-13-14-24-22(17-23)5-3-15-29-24)18-20-9-11-21(12-10-20)27-8-4-16-33-27/h1-12,15-17,23-24H,13-14,18-19H2,(H,30,31). The van der Waals surface area contributed by atoms with Gasteiger partial charge in [0.2, 0.25) is 0 Å². The number of aliphatic imine (C=N–C) groups is 1. The summed E-state index contributed by atoms with van der Waals surface area (Å²) in [4.78, 5) is 16.9. The minimum Gasteiger partial charge on any atom is -0.341 e. The van der Waals surface area contributed by atoms with Gasteiger partial charge in [0.25, 0.3) is 0 Å². The average Bonchev–Trinajstić information content (AvgIpc) is 3.54. The van der Waals surface area contributed by atoms with E-state index in [0.717, 1.165) is 42.8 Å². The number of nitrogens with zero attached hydrogens (tertiary/aromatic N) is 3. The van der Waals surface area contributed by atoms with Gasteiger partial charge in [0, 0.05) is 23.7 Å². The van der Waals surface area contributed by atoms with E-state index in [4.69, 9.17) is 4.98 Å². The quantitative estimate of drug-likeness (QED) is 0.370. The summed E-state index contributed by atoms with van der Waals surface area (Å²) in [6.45, 7) is 1.67. The number of para-hydroxylation sites is 2. The number of nitrogens with one attached hydrogen (secondary N) is 1. The Morgan fingerprint density at radius 1 is 0.970 bits per heavy atom. The summed E-state index contributed by atoms with van der Waals surface area (Å²) in [6.07, 6.45) is 10.8. The highest BCUT2D eigenvalue weighted by atomic mass is 32.1. The van der Waals surface area contributed by atoms with E-state index in [1.54, 1.807) is 11.3 Å². The van der Waals surface area contributed by atoms with E-state index in [0.29, 0.717) is 12.1 Å². The lowest BCUT2D eigenvalue weighted by Gasteiger charge is -2.34. The summed E-state index contributed by atoms with van der Waals surface area (Å²) >= 11 is 1.78. The van der Waals surface area contributed by atoms with Crippen molar-refractivity contribution in [3.63, 3.8) is 0 Å². The lowest BCUT2D eigenvalue weighted by atomic mass is 9.89. The van der Waals surface area contributed by atoms with Crippen molar-refractivity contribution in [1.82, 2.24) is 14.9 Å². The first-order valence-electron chi connectivity index (χ1n) is 11.5. The van der Waals surface area contributed by atoms with Crippen molar-refractivity contribution in [3.05, 3.63) is 101 Å². The van der Waals surface area contributed by atoms with Crippen LogP contribution in [0.3, 0.4) is 0 Å². The Kier molecular flexibility index (Phi) is 5.50. The van der Waals surface area contributed by atoms with Gasteiger partial charge in [-0.3, -0.25) is 9.89 Å². The Hall–Kier alpha value is -3.28. The monoisotopic (exact) mass is 450 g/mol. The van der Waals surface area contributed by atoms with Gasteiger partial charge >= 0.3 is 0 Å². The van der Waals surface area contributed by atoms with Crippen LogP contribution in [0.1, 0.15) is 24.2 Å². The largest absolute Gasteiger partial charge is 0.341 e. The maximum atomic E-state index is 4.86. The normalized spacial score (nSPS) is 19.7. The van der Waals surface area contributed by atoms with Crippen LogP contribution in [0.4, 0.5) is 0 Å². The topological polar surface area (TPSA) is 44.3 Å². The SMILES string of the molecule is C1=CC2=CC(N(Cc3ccc(-c4cccs4)cc3)Cc3nc4ccccc4[nH]3)CCC2N=C1. The molecule has 0 saturated carbocycles. The molecule has 2 aromatic heterocycles. The number of aromatic nitrogens is 2. The predicted molar refractivity (Wildman–Crippen MR) is 138 cm³/mol. The van der Waals surface area contributed by atoms with E-state index in [1.807, 2.05) is 12.3 Å². The molecule has 6 rings (SSSR count). The third-order valence-corrected chi connectivity index (χ3v) is 7.47. The lowest BCUT2D eigenvalue weighted by molar-refractivity contribution is 0.188. The molecule has 0 saturated heterocycles. The molecule has 2 aliphatic rings. The number of fused-ring (bicyclic) bond motifs is 2. The second-order valence-electron chi connectivity index (χ2n) is 8.76. The van der Waals surface area contributed by atoms with E-state index in [9.17, 15) is 0 Å². The van der Waals surface area contributed by atoms with Gasteiger partial charge in [-0.05, 0) is 59.2 Å². The molecule has 0 fully saturated rings. The third-order valence-electron chi connectivity index (χ3n) is 6.55. The minimum atomic E-state index is 0.324. The zero-order valence-corrected chi connectivity index (χ0v) is 19.2. The predicted octanol–water partition coefficient (Wildman–Crippen LogP) is 6.39. The summed E-state index contributed by atoms with van der Waals surface area (Å²) in [7, 11) is 0. The van der Waals surface area contributed by atoms with Gasteiger partial charge in [-0.15, -0.1) is 11.3 Å². The molecule has 5 heteroatoms. The van der Waals surface area contributed by atoms with Gasteiger partial charge < -0.3 is 4.98 Å². The van der Waals surface area contributed by atoms with Crippen molar-refractivity contribution in [3.8, 4) is 10.4 Å². The van der Waals surface area contributed by atoms with Crippen LogP contribution in [-0.2, 0) is 13.1 Å². The molecule has 2 unspecified atom stereocenters. The number of benzene rings is 2. The van der Waals surface area contributed by atoms with Crippen LogP contribution in [0, 0.1) is 0 Å². The van der Waals surface area contributed by atoms with Gasteiger partial charge in [0.1, 0.15) is 5.82 Å². The van der Waals surface area contributed by atoms with Crippen LogP contribution >= 0.6 is 11.3 Å². The molecule has 3 heterocycles. The zero-order valence-electron chi connectivity index (χ0n) is 18.4. The van der Waals surface area contributed by atoms with Crippen molar-refractivity contribution in [2.45, 2.75) is 38.0 Å². The second-order valence-corrected chi connectivity index (χ2v) is 9.71. The molecule has 4 aromatic rings. The van der Waals surface area contributed by atoms with Crippen molar-refractivity contribution < 1.29 is 0 Å². The molecule has 2 atom stereocenters. The van der Waals surface area contributed by atoms with Gasteiger partial charge in [-0.2, -0.15) is 0 Å². The maximum Gasteiger partial charge on any atom is 0.121 e. The van der Waals surface area contributed by atoms with Crippen LogP contribution < -0.4 is 0 Å². The van der Waals surface area contributed by atoms with Crippen LogP contribution in [0.15, 0.2) is 94.8 Å². The maximum absolute atomic E-state index is 4.86. The highest BCUT2D eigenvalue weighted by Crippen LogP contribution is 2.30. The molecular weight excluding hydrogens is 424 g/mol. The van der Waals surface area contributed by atoms with Crippen LogP contribution in [-0.4, -0.2) is 33.2 Å². The van der Waals surface area contributed by atoms with Gasteiger partial charge in [0.05, 0.1) is 23.6 Å². The van der Waals surface area contributed by atoms with Crippen LogP contribution in [0.5, 0.6) is 0 Å². The van der Waals surface area contributed by atoms with E-state index >= 15 is 0 Å². The highest BCUT2D eigenvalue weighted by Gasteiger charge is 2.26. The molecule has 4 nitrogen and oxygen atoms in total. The molecule has 0 amide bonds. The molecule has 33 heavy (non-hydrogen) atoms. The smallest absolute Gasteiger partial charge is 0.121 e. The fraction of sp³-hybridized carbons (Fsp3) is 0.214. The zero-order chi connectivity index (χ0) is 22.0. The summed E-state index contributed by atoms with van der Waals surface area (Å²) in [5.74, 6) is 1.02. The number of rotatable bonds is 6. The Morgan fingerprint density at radius 2 is 1.88 bits per heavy atom. The summed E-state index contributed by atoms with van der Waals surface area (Å²) in [5, 5.41) is 2.13. The molecule has 0 spiro atoms. The first-order valence-corrected chi connectivity index (χ1v) is 12.4. The Morgan fingerprint density at radius 3 is 2.73 bits per heavy atom. The van der Waals surface area contributed by atoms with E-state index in [-0.39, 0.29) is 0 Å². The molecule has 1 aliphatic carbocycles. The van der Waals surface area contributed by atoms with Crippen molar-refractivity contribution in [1.29, 1.82) is 0 Å². The Bertz CT molecular complexity index is 1300. The van der Waals surface area contributed by atoms with E-state index < -0.39 is 0 Å². The first-order chi connectivity index (χ1) is 16.3. The van der Waals surface area contributed by atoms with Gasteiger partial charge in [0.15, 0.2) is 0 Å². The van der Waals surface area contributed by atoms with Crippen LogP contribution in [0.25, 0.3) is 21.5 Å². The number of hydrogen-bond donors (Lipinski definition) is 1. The summed E-state index contributed by atoms with van der Waals surface area (Å²) in [5.41, 5.74) is 6.07. The van der Waals surface area contributed by atoms with E-state index in [2.05, 4.69) is 93.1 Å². The number of H-pyrrole nitrogens is 1. The number of dihydropyridines is 1. The van der Waals surface area contributed by atoms with Crippen molar-refractivity contribution >= 4 is 28.6 Å². The molecule has 1 N–H and O–H groups in total. The van der Waals surface area contributed by atoms with Crippen LogP contribution in [0.2, 0.25) is 0 Å². The van der Waals surface area contributed by atoms with Crippen molar-refractivity contribution in [2.24, 2.45) is 4.99 Å². The fourth-order valence-electron chi connectivity index (χ4n) is 4.85. The molecule has 0 radical (unpaired) electrons. The van der Waals surface area contributed by atoms with E-state index in [1.165, 1.54) is 21.6 Å². The first kappa shape index (κ1) is 20.3. The minimum absolute atomic E-state index is 0.324. The second kappa shape index (κ2) is 8.93. The van der Waals surface area contributed by atoms with Crippen molar-refractivity contribution in [2.75, 3.05) is 0 Å². The molecule has 0 bridgehead atoms. The third kappa shape index (κ3) is 4.34. The highest BCUT2D eigenvalue weighted by molar-refractivity contribution is 7.13. The van der Waals surface area contributed by atoms with Gasteiger partial charge in [-0.25, -0.2) is 4.98 Å². The summed E-state index contributed by atoms with van der Waals surface area (Å²) < 4.78 is 0. The Labute approximate surface area is 198 Å². The van der Waals surface area contributed by atoms with Gasteiger partial charge in [-0.1, -0.05) is 54.6 Å². The Balaban J connectivity index is 1.28. The molecular formula is C28H26N4S. The fourth-order valence-corrected chi connectivity index (χ4v) is 5.58. The lowest BCUT2D eigenvalue weighted by Crippen LogP contribution is -2.37. The number of thiophene rings is 1. The summed E-state index contributed by atoms with van der Waals surface area (Å²) in [6, 6.07) is 22.3. The number of allylic oxidation sites excluding steroid dienone is 1. The number of hydrogen-bond acceptors (Lipinski definition) is 4. The number of imidazole rings is 1. The average molecular weight is 451 g/mol.